The summed E-state index contributed by atoms with van der Waals surface area (Å²) in [5.74, 6) is 0.404. The number of amides is 2. The molecule has 174 valence electrons. The predicted molar refractivity (Wildman–Crippen MR) is 134 cm³/mol. The fourth-order valence-corrected chi connectivity index (χ4v) is 7.04. The highest BCUT2D eigenvalue weighted by molar-refractivity contribution is 7.19. The second kappa shape index (κ2) is 8.02. The Bertz CT molecular complexity index is 1430. The maximum absolute atomic E-state index is 13.8. The van der Waals surface area contributed by atoms with E-state index in [4.69, 9.17) is 0 Å². The van der Waals surface area contributed by atoms with E-state index in [2.05, 4.69) is 34.3 Å². The Labute approximate surface area is 205 Å². The summed E-state index contributed by atoms with van der Waals surface area (Å²) in [5.41, 5.74) is 3.61. The molecule has 4 heterocycles. The third-order valence-corrected chi connectivity index (χ3v) is 9.05. The van der Waals surface area contributed by atoms with Crippen LogP contribution in [0.15, 0.2) is 36.7 Å². The molecule has 3 atom stereocenters. The molecule has 2 amide bonds. The Morgan fingerprint density at radius 3 is 2.82 bits per heavy atom. The van der Waals surface area contributed by atoms with Gasteiger partial charge in [0.25, 0.3) is 11.8 Å². The molecule has 34 heavy (non-hydrogen) atoms. The normalized spacial score (nSPS) is 21.1. The first-order chi connectivity index (χ1) is 16.4. The van der Waals surface area contributed by atoms with E-state index in [1.54, 1.807) is 17.5 Å². The van der Waals surface area contributed by atoms with Gasteiger partial charge in [-0.3, -0.25) is 14.0 Å². The van der Waals surface area contributed by atoms with Crippen LogP contribution >= 0.6 is 22.7 Å². The van der Waals surface area contributed by atoms with Crippen LogP contribution < -0.4 is 5.32 Å². The van der Waals surface area contributed by atoms with Crippen molar-refractivity contribution >= 4 is 39.4 Å². The van der Waals surface area contributed by atoms with Crippen LogP contribution in [0, 0.1) is 26.7 Å². The molecule has 0 radical (unpaired) electrons. The number of nitrogens with one attached hydrogen (secondary N) is 1. The number of fused-ring (bicyclic) bond motifs is 2. The molecule has 0 spiro atoms. The van der Waals surface area contributed by atoms with Crippen LogP contribution in [0.5, 0.6) is 0 Å². The lowest BCUT2D eigenvalue weighted by Gasteiger charge is -2.27. The third-order valence-electron chi connectivity index (χ3n) is 6.86. The molecular weight excluding hydrogens is 466 g/mol. The highest BCUT2D eigenvalue weighted by Gasteiger charge is 2.54. The molecule has 1 N–H and O–H groups in total. The first-order valence-electron chi connectivity index (χ1n) is 11.5. The number of benzene rings is 1. The summed E-state index contributed by atoms with van der Waals surface area (Å²) in [6.45, 7) is 6.38. The number of aryl methyl sites for hydroxylation is 3. The Morgan fingerprint density at radius 2 is 2.03 bits per heavy atom. The van der Waals surface area contributed by atoms with E-state index in [1.807, 2.05) is 41.5 Å². The molecule has 1 saturated carbocycles. The molecule has 7 nitrogen and oxygen atoms in total. The van der Waals surface area contributed by atoms with Crippen LogP contribution in [0.1, 0.15) is 49.3 Å². The number of hydrogen-bond acceptors (Lipinski definition) is 6. The van der Waals surface area contributed by atoms with Gasteiger partial charge in [-0.2, -0.15) is 0 Å². The van der Waals surface area contributed by atoms with Crippen LogP contribution in [0.4, 0.5) is 0 Å². The van der Waals surface area contributed by atoms with Gasteiger partial charge < -0.3 is 10.2 Å². The van der Waals surface area contributed by atoms with Gasteiger partial charge in [0.1, 0.15) is 10.6 Å². The molecular formula is C25H25N5O2S2. The van der Waals surface area contributed by atoms with E-state index >= 15 is 0 Å². The van der Waals surface area contributed by atoms with Gasteiger partial charge in [-0.05, 0) is 45.1 Å². The highest BCUT2D eigenvalue weighted by Crippen LogP contribution is 2.48. The first-order valence-corrected chi connectivity index (χ1v) is 13.1. The van der Waals surface area contributed by atoms with Gasteiger partial charge in [0, 0.05) is 30.7 Å². The fourth-order valence-electron chi connectivity index (χ4n) is 5.13. The minimum Gasteiger partial charge on any atom is -0.349 e. The monoisotopic (exact) mass is 491 g/mol. The average molecular weight is 492 g/mol. The van der Waals surface area contributed by atoms with E-state index in [0.717, 1.165) is 44.5 Å². The molecule has 6 rings (SSSR count). The van der Waals surface area contributed by atoms with Gasteiger partial charge in [-0.15, -0.1) is 11.3 Å². The minimum absolute atomic E-state index is 0.0167. The van der Waals surface area contributed by atoms with Crippen molar-refractivity contribution in [1.82, 2.24) is 24.6 Å². The maximum Gasteiger partial charge on any atom is 0.274 e. The fraction of sp³-hybridized carbons (Fsp3) is 0.360. The molecule has 4 aromatic rings. The van der Waals surface area contributed by atoms with Crippen LogP contribution in [0.25, 0.3) is 15.4 Å². The van der Waals surface area contributed by atoms with Crippen LogP contribution in [-0.4, -0.2) is 49.7 Å². The van der Waals surface area contributed by atoms with Gasteiger partial charge >= 0.3 is 0 Å². The molecule has 1 saturated heterocycles. The number of likely N-dealkylation sites (tertiary alicyclic amines) is 1. The molecule has 1 aliphatic carbocycles. The largest absolute Gasteiger partial charge is 0.349 e. The quantitative estimate of drug-likeness (QED) is 0.447. The molecule has 0 bridgehead atoms. The smallest absolute Gasteiger partial charge is 0.274 e. The van der Waals surface area contributed by atoms with E-state index in [-0.39, 0.29) is 23.9 Å². The lowest BCUT2D eigenvalue weighted by atomic mass is 10.1. The van der Waals surface area contributed by atoms with Crippen LogP contribution in [0.3, 0.4) is 0 Å². The minimum atomic E-state index is -0.106. The Hall–Kier alpha value is -3.04. The van der Waals surface area contributed by atoms with E-state index in [9.17, 15) is 9.59 Å². The number of carbonyl (C=O) groups excluding carboxylic acids is 2. The van der Waals surface area contributed by atoms with Gasteiger partial charge in [-0.25, -0.2) is 9.97 Å². The number of rotatable bonds is 5. The number of thiazole rings is 2. The predicted octanol–water partition coefficient (Wildman–Crippen LogP) is 4.48. The van der Waals surface area contributed by atoms with Crippen molar-refractivity contribution < 1.29 is 9.59 Å². The summed E-state index contributed by atoms with van der Waals surface area (Å²) in [5, 5.41) is 3.97. The molecule has 0 unspecified atom stereocenters. The van der Waals surface area contributed by atoms with Gasteiger partial charge in [-0.1, -0.05) is 41.2 Å². The standard InChI is InChI=1S/C25H25N5O2S2/c1-13-5-4-6-16(9-13)22-20(28-15(3)33-22)24(32)30-18(10-17-11-19(17)30)12-27-23(31)21-14(2)29-8-7-26-25(29)34-21/h4-9,17-19H,10-12H2,1-3H3,(H,27,31)/t17-,18+,19+/m1/s1. The number of imidazole rings is 1. The SMILES string of the molecule is Cc1cccc(-c2sc(C)nc2C(=O)N2[C@H](CNC(=O)c3sc4nccn4c3C)C[C@@H]3C[C@@H]32)c1. The second-order valence-corrected chi connectivity index (χ2v) is 11.4. The summed E-state index contributed by atoms with van der Waals surface area (Å²) in [7, 11) is 0. The first kappa shape index (κ1) is 21.5. The highest BCUT2D eigenvalue weighted by atomic mass is 32.1. The zero-order valence-corrected chi connectivity index (χ0v) is 20.9. The van der Waals surface area contributed by atoms with Gasteiger partial charge in [0.15, 0.2) is 4.96 Å². The average Bonchev–Trinajstić information content (AvgIpc) is 3.19. The van der Waals surface area contributed by atoms with Crippen molar-refractivity contribution in [3.05, 3.63) is 63.5 Å². The molecule has 1 aromatic carbocycles. The van der Waals surface area contributed by atoms with Crippen molar-refractivity contribution in [2.24, 2.45) is 5.92 Å². The van der Waals surface area contributed by atoms with E-state index < -0.39 is 0 Å². The maximum atomic E-state index is 13.8. The van der Waals surface area contributed by atoms with Crippen LogP contribution in [0.2, 0.25) is 0 Å². The van der Waals surface area contributed by atoms with Crippen LogP contribution in [-0.2, 0) is 0 Å². The third kappa shape index (κ3) is 3.54. The van der Waals surface area contributed by atoms with Crippen molar-refractivity contribution in [3.63, 3.8) is 0 Å². The number of carbonyl (C=O) groups is 2. The van der Waals surface area contributed by atoms with Crippen molar-refractivity contribution in [3.8, 4) is 10.4 Å². The molecule has 2 aliphatic rings. The Balaban J connectivity index is 1.23. The second-order valence-electron chi connectivity index (χ2n) is 9.25. The summed E-state index contributed by atoms with van der Waals surface area (Å²) in [6, 6.07) is 8.46. The van der Waals surface area contributed by atoms with E-state index in [1.165, 1.54) is 11.3 Å². The molecule has 1 aliphatic heterocycles. The number of nitrogens with zero attached hydrogens (tertiary/aromatic N) is 4. The van der Waals surface area contributed by atoms with E-state index in [0.29, 0.717) is 23.0 Å². The Morgan fingerprint density at radius 1 is 1.18 bits per heavy atom. The molecule has 2 fully saturated rings. The number of piperidine rings is 1. The molecule has 3 aromatic heterocycles. The van der Waals surface area contributed by atoms with Crippen molar-refractivity contribution in [2.45, 2.75) is 45.7 Å². The Kier molecular flexibility index (Phi) is 5.07. The zero-order valence-electron chi connectivity index (χ0n) is 19.2. The topological polar surface area (TPSA) is 79.6 Å². The van der Waals surface area contributed by atoms with Crippen molar-refractivity contribution in [1.29, 1.82) is 0 Å². The summed E-state index contributed by atoms with van der Waals surface area (Å²) in [4.78, 5) is 40.1. The number of hydrogen-bond donors (Lipinski definition) is 1. The lowest BCUT2D eigenvalue weighted by molar-refractivity contribution is 0.0684. The van der Waals surface area contributed by atoms with Gasteiger partial charge in [0.05, 0.1) is 15.9 Å². The summed E-state index contributed by atoms with van der Waals surface area (Å²) in [6.07, 6.45) is 5.57. The lowest BCUT2D eigenvalue weighted by Crippen LogP contribution is -2.45. The number of aromatic nitrogens is 3. The van der Waals surface area contributed by atoms with Gasteiger partial charge in [0.2, 0.25) is 0 Å². The van der Waals surface area contributed by atoms with Crippen molar-refractivity contribution in [2.75, 3.05) is 6.54 Å². The zero-order chi connectivity index (χ0) is 23.6. The molecule has 9 heteroatoms. The summed E-state index contributed by atoms with van der Waals surface area (Å²) < 4.78 is 1.93. The summed E-state index contributed by atoms with van der Waals surface area (Å²) >= 11 is 2.95.